The maximum atomic E-state index is 8.93. The van der Waals surface area contributed by atoms with Gasteiger partial charge < -0.3 is 10.0 Å². The molecule has 1 aromatic heterocycles. The highest BCUT2D eigenvalue weighted by molar-refractivity contribution is 7.99. The van der Waals surface area contributed by atoms with Gasteiger partial charge in [0, 0.05) is 30.3 Å². The lowest BCUT2D eigenvalue weighted by Crippen LogP contribution is -2.40. The van der Waals surface area contributed by atoms with Crippen molar-refractivity contribution in [3.63, 3.8) is 0 Å². The van der Waals surface area contributed by atoms with Crippen molar-refractivity contribution >= 4 is 17.6 Å². The summed E-state index contributed by atoms with van der Waals surface area (Å²) in [6.07, 6.45) is 1.75. The molecule has 1 aromatic rings. The lowest BCUT2D eigenvalue weighted by molar-refractivity contribution is 0.281. The van der Waals surface area contributed by atoms with Gasteiger partial charge in [-0.05, 0) is 18.6 Å². The van der Waals surface area contributed by atoms with Crippen molar-refractivity contribution in [1.29, 1.82) is 0 Å². The van der Waals surface area contributed by atoms with Gasteiger partial charge in [0.2, 0.25) is 0 Å². The maximum Gasteiger partial charge on any atom is 0.128 e. The lowest BCUT2D eigenvalue weighted by Gasteiger charge is -2.34. The van der Waals surface area contributed by atoms with Gasteiger partial charge in [-0.25, -0.2) is 4.98 Å². The third-order valence-electron chi connectivity index (χ3n) is 2.65. The molecule has 0 amide bonds. The molecule has 1 saturated heterocycles. The van der Waals surface area contributed by atoms with Gasteiger partial charge in [-0.1, -0.05) is 6.07 Å². The van der Waals surface area contributed by atoms with Crippen LogP contribution < -0.4 is 4.90 Å². The van der Waals surface area contributed by atoms with Gasteiger partial charge in [-0.15, -0.1) is 0 Å². The van der Waals surface area contributed by atoms with E-state index in [0.717, 1.165) is 17.9 Å². The van der Waals surface area contributed by atoms with E-state index in [2.05, 4.69) is 16.8 Å². The molecule has 0 bridgehead atoms. The largest absolute Gasteiger partial charge is 0.392 e. The average Bonchev–Trinajstić information content (AvgIpc) is 2.30. The van der Waals surface area contributed by atoms with Crippen molar-refractivity contribution in [2.24, 2.45) is 0 Å². The van der Waals surface area contributed by atoms with Crippen molar-refractivity contribution in [2.45, 2.75) is 19.6 Å². The van der Waals surface area contributed by atoms with Crippen molar-refractivity contribution < 1.29 is 5.11 Å². The quantitative estimate of drug-likeness (QED) is 0.826. The minimum atomic E-state index is 0.0681. The Morgan fingerprint density at radius 1 is 1.60 bits per heavy atom. The van der Waals surface area contributed by atoms with Gasteiger partial charge in [-0.3, -0.25) is 0 Å². The number of aromatic nitrogens is 1. The highest BCUT2D eigenvalue weighted by Gasteiger charge is 2.19. The van der Waals surface area contributed by atoms with E-state index >= 15 is 0 Å². The SMILES string of the molecule is CC1CSCCN1c1ccc(CO)cn1. The van der Waals surface area contributed by atoms with E-state index in [0.29, 0.717) is 6.04 Å². The van der Waals surface area contributed by atoms with Gasteiger partial charge in [0.15, 0.2) is 0 Å². The van der Waals surface area contributed by atoms with Crippen molar-refractivity contribution in [3.05, 3.63) is 23.9 Å². The monoisotopic (exact) mass is 224 g/mol. The molecule has 1 unspecified atom stereocenters. The zero-order valence-electron chi connectivity index (χ0n) is 8.89. The van der Waals surface area contributed by atoms with Crippen LogP contribution >= 0.6 is 11.8 Å². The Morgan fingerprint density at radius 2 is 2.47 bits per heavy atom. The number of rotatable bonds is 2. The zero-order valence-corrected chi connectivity index (χ0v) is 9.70. The van der Waals surface area contributed by atoms with Crippen LogP contribution in [0.1, 0.15) is 12.5 Å². The van der Waals surface area contributed by atoms with Crippen LogP contribution in [0.25, 0.3) is 0 Å². The third kappa shape index (κ3) is 2.44. The normalized spacial score (nSPS) is 21.7. The summed E-state index contributed by atoms with van der Waals surface area (Å²) in [5.41, 5.74) is 0.873. The number of pyridine rings is 1. The predicted octanol–water partition coefficient (Wildman–Crippen LogP) is 1.52. The molecule has 0 saturated carbocycles. The van der Waals surface area contributed by atoms with Crippen LogP contribution in [0.15, 0.2) is 18.3 Å². The fraction of sp³-hybridized carbons (Fsp3) is 0.545. The number of hydrogen-bond donors (Lipinski definition) is 1. The Balaban J connectivity index is 2.13. The molecule has 1 N–H and O–H groups in total. The Hall–Kier alpha value is -0.740. The van der Waals surface area contributed by atoms with E-state index in [1.54, 1.807) is 6.20 Å². The summed E-state index contributed by atoms with van der Waals surface area (Å²) in [7, 11) is 0. The Morgan fingerprint density at radius 3 is 3.07 bits per heavy atom. The van der Waals surface area contributed by atoms with E-state index in [1.807, 2.05) is 23.9 Å². The second-order valence-corrected chi connectivity index (χ2v) is 4.95. The average molecular weight is 224 g/mol. The summed E-state index contributed by atoms with van der Waals surface area (Å²) in [6.45, 7) is 3.36. The second kappa shape index (κ2) is 4.86. The Kier molecular flexibility index (Phi) is 3.49. The lowest BCUT2D eigenvalue weighted by atomic mass is 10.2. The Labute approximate surface area is 94.5 Å². The summed E-state index contributed by atoms with van der Waals surface area (Å²) in [5.74, 6) is 3.37. The zero-order chi connectivity index (χ0) is 10.7. The molecule has 3 nitrogen and oxygen atoms in total. The van der Waals surface area contributed by atoms with Crippen molar-refractivity contribution in [1.82, 2.24) is 4.98 Å². The topological polar surface area (TPSA) is 36.4 Å². The van der Waals surface area contributed by atoms with E-state index < -0.39 is 0 Å². The minimum Gasteiger partial charge on any atom is -0.392 e. The van der Waals surface area contributed by atoms with Crippen LogP contribution in [0.3, 0.4) is 0 Å². The second-order valence-electron chi connectivity index (χ2n) is 3.80. The van der Waals surface area contributed by atoms with Crippen LogP contribution in [-0.2, 0) is 6.61 Å². The minimum absolute atomic E-state index is 0.0681. The molecule has 0 spiro atoms. The first-order valence-corrected chi connectivity index (χ1v) is 6.37. The fourth-order valence-electron chi connectivity index (χ4n) is 1.75. The van der Waals surface area contributed by atoms with Gasteiger partial charge >= 0.3 is 0 Å². The van der Waals surface area contributed by atoms with E-state index in [4.69, 9.17) is 5.11 Å². The van der Waals surface area contributed by atoms with Crippen LogP contribution in [0, 0.1) is 0 Å². The molecule has 1 aliphatic heterocycles. The number of thioether (sulfide) groups is 1. The molecular weight excluding hydrogens is 208 g/mol. The molecule has 1 aliphatic rings. The smallest absolute Gasteiger partial charge is 0.128 e. The maximum absolute atomic E-state index is 8.93. The molecule has 82 valence electrons. The Bertz CT molecular complexity index is 315. The molecule has 0 radical (unpaired) electrons. The number of nitrogens with zero attached hydrogens (tertiary/aromatic N) is 2. The number of hydrogen-bond acceptors (Lipinski definition) is 4. The molecule has 1 fully saturated rings. The summed E-state index contributed by atoms with van der Waals surface area (Å²) in [4.78, 5) is 6.71. The standard InChI is InChI=1S/C11H16N2OS/c1-9-8-15-5-4-13(9)11-3-2-10(7-14)6-12-11/h2-3,6,9,14H,4-5,7-8H2,1H3. The van der Waals surface area contributed by atoms with Gasteiger partial charge in [-0.2, -0.15) is 11.8 Å². The summed E-state index contributed by atoms with van der Waals surface area (Å²) < 4.78 is 0. The van der Waals surface area contributed by atoms with Gasteiger partial charge in [0.25, 0.3) is 0 Å². The molecule has 4 heteroatoms. The molecular formula is C11H16N2OS. The third-order valence-corrected chi connectivity index (χ3v) is 3.84. The first-order valence-electron chi connectivity index (χ1n) is 5.21. The predicted molar refractivity (Wildman–Crippen MR) is 64.3 cm³/mol. The van der Waals surface area contributed by atoms with Crippen molar-refractivity contribution in [2.75, 3.05) is 23.0 Å². The van der Waals surface area contributed by atoms with Crippen LogP contribution in [-0.4, -0.2) is 34.2 Å². The summed E-state index contributed by atoms with van der Waals surface area (Å²) in [5, 5.41) is 8.93. The van der Waals surface area contributed by atoms with E-state index in [-0.39, 0.29) is 6.61 Å². The molecule has 2 heterocycles. The first-order chi connectivity index (χ1) is 7.31. The number of aliphatic hydroxyl groups excluding tert-OH is 1. The first kappa shape index (κ1) is 10.8. The molecule has 1 atom stereocenters. The van der Waals surface area contributed by atoms with E-state index in [1.165, 1.54) is 11.5 Å². The molecule has 15 heavy (non-hydrogen) atoms. The van der Waals surface area contributed by atoms with Crippen LogP contribution in [0.4, 0.5) is 5.82 Å². The van der Waals surface area contributed by atoms with Crippen molar-refractivity contribution in [3.8, 4) is 0 Å². The number of aliphatic hydroxyl groups is 1. The van der Waals surface area contributed by atoms with Crippen LogP contribution in [0.2, 0.25) is 0 Å². The summed E-state index contributed by atoms with van der Waals surface area (Å²) >= 11 is 2.00. The highest BCUT2D eigenvalue weighted by atomic mass is 32.2. The molecule has 2 rings (SSSR count). The fourth-order valence-corrected chi connectivity index (χ4v) is 2.76. The van der Waals surface area contributed by atoms with Gasteiger partial charge in [0.1, 0.15) is 5.82 Å². The molecule has 0 aliphatic carbocycles. The van der Waals surface area contributed by atoms with E-state index in [9.17, 15) is 0 Å². The molecule has 0 aromatic carbocycles. The highest BCUT2D eigenvalue weighted by Crippen LogP contribution is 2.21. The number of anilines is 1. The van der Waals surface area contributed by atoms with Crippen LogP contribution in [0.5, 0.6) is 0 Å². The van der Waals surface area contributed by atoms with Gasteiger partial charge in [0.05, 0.1) is 6.61 Å². The summed E-state index contributed by atoms with van der Waals surface area (Å²) in [6, 6.07) is 4.49.